The number of methoxy groups -OCH3 is 3. The quantitative estimate of drug-likeness (QED) is 0.577. The summed E-state index contributed by atoms with van der Waals surface area (Å²) in [5, 5.41) is 0. The van der Waals surface area contributed by atoms with Gasteiger partial charge in [0.05, 0.1) is 21.3 Å². The van der Waals surface area contributed by atoms with Crippen molar-refractivity contribution in [3.8, 4) is 5.75 Å². The van der Waals surface area contributed by atoms with E-state index in [9.17, 15) is 9.59 Å². The molecule has 28 heavy (non-hydrogen) atoms. The first kappa shape index (κ1) is 19.9. The van der Waals surface area contributed by atoms with E-state index in [0.717, 1.165) is 5.56 Å². The average Bonchev–Trinajstić information content (AvgIpc) is 3.15. The standard InChI is InChI=1S/C21H22O7/c1-13-5-7-14(8-6-13)17-21(19(22)25-3,20(23)26-4)28-18(27-17)15-9-11-16(24-2)12-10-15/h5-12,17-18H,1-4H3/t17-,18-/m1/s1. The number of esters is 2. The first-order chi connectivity index (χ1) is 13.5. The van der Waals surface area contributed by atoms with Crippen molar-refractivity contribution in [1.29, 1.82) is 0 Å². The molecule has 7 heteroatoms. The van der Waals surface area contributed by atoms with Crippen LogP contribution in [0.4, 0.5) is 0 Å². The molecule has 2 aromatic rings. The molecule has 0 unspecified atom stereocenters. The van der Waals surface area contributed by atoms with Crippen LogP contribution in [0, 0.1) is 6.92 Å². The summed E-state index contributed by atoms with van der Waals surface area (Å²) in [7, 11) is 3.93. The van der Waals surface area contributed by atoms with Gasteiger partial charge in [-0.15, -0.1) is 0 Å². The minimum Gasteiger partial charge on any atom is -0.497 e. The maximum Gasteiger partial charge on any atom is 0.353 e. The molecule has 0 saturated carbocycles. The zero-order valence-corrected chi connectivity index (χ0v) is 16.1. The van der Waals surface area contributed by atoms with E-state index >= 15 is 0 Å². The Balaban J connectivity index is 2.07. The molecule has 0 N–H and O–H groups in total. The molecule has 148 valence electrons. The number of carbonyl (C=O) groups is 2. The normalized spacial score (nSPS) is 20.4. The first-order valence-electron chi connectivity index (χ1n) is 8.67. The van der Waals surface area contributed by atoms with Gasteiger partial charge in [0.1, 0.15) is 11.9 Å². The van der Waals surface area contributed by atoms with Gasteiger partial charge in [-0.3, -0.25) is 0 Å². The molecule has 1 fully saturated rings. The van der Waals surface area contributed by atoms with E-state index in [0.29, 0.717) is 16.9 Å². The fourth-order valence-electron chi connectivity index (χ4n) is 3.14. The minimum atomic E-state index is -2.08. The molecule has 7 nitrogen and oxygen atoms in total. The molecule has 0 radical (unpaired) electrons. The zero-order chi connectivity index (χ0) is 20.3. The molecule has 0 spiro atoms. The highest BCUT2D eigenvalue weighted by atomic mass is 16.8. The fraction of sp³-hybridized carbons (Fsp3) is 0.333. The molecule has 1 aliphatic heterocycles. The lowest BCUT2D eigenvalue weighted by atomic mass is 9.90. The van der Waals surface area contributed by atoms with Gasteiger partial charge in [-0.2, -0.15) is 0 Å². The molecule has 0 bridgehead atoms. The number of aryl methyl sites for hydroxylation is 1. The van der Waals surface area contributed by atoms with Crippen molar-refractivity contribution >= 4 is 11.9 Å². The maximum absolute atomic E-state index is 12.7. The smallest absolute Gasteiger partial charge is 0.353 e. The van der Waals surface area contributed by atoms with E-state index in [1.165, 1.54) is 14.2 Å². The Morgan fingerprint density at radius 3 is 1.89 bits per heavy atom. The second kappa shape index (κ2) is 8.00. The molecular weight excluding hydrogens is 364 g/mol. The summed E-state index contributed by atoms with van der Waals surface area (Å²) in [5.74, 6) is -1.12. The monoisotopic (exact) mass is 386 g/mol. The van der Waals surface area contributed by atoms with Crippen molar-refractivity contribution in [2.75, 3.05) is 21.3 Å². The maximum atomic E-state index is 12.7. The van der Waals surface area contributed by atoms with Gasteiger partial charge < -0.3 is 23.7 Å². The Morgan fingerprint density at radius 1 is 0.857 bits per heavy atom. The Kier molecular flexibility index (Phi) is 5.67. The van der Waals surface area contributed by atoms with Crippen LogP contribution in [-0.2, 0) is 28.5 Å². The highest BCUT2D eigenvalue weighted by Crippen LogP contribution is 2.48. The van der Waals surface area contributed by atoms with Crippen LogP contribution in [0.25, 0.3) is 0 Å². The minimum absolute atomic E-state index is 0.595. The van der Waals surface area contributed by atoms with E-state index in [-0.39, 0.29) is 0 Å². The fourth-order valence-corrected chi connectivity index (χ4v) is 3.14. The number of carbonyl (C=O) groups excluding carboxylic acids is 2. The zero-order valence-electron chi connectivity index (χ0n) is 16.1. The molecule has 0 aromatic heterocycles. The van der Waals surface area contributed by atoms with Crippen LogP contribution in [0.15, 0.2) is 48.5 Å². The van der Waals surface area contributed by atoms with E-state index < -0.39 is 29.9 Å². The summed E-state index contributed by atoms with van der Waals surface area (Å²) >= 11 is 0. The van der Waals surface area contributed by atoms with Crippen molar-refractivity contribution in [3.63, 3.8) is 0 Å². The average molecular weight is 386 g/mol. The van der Waals surface area contributed by atoms with Crippen LogP contribution in [0.2, 0.25) is 0 Å². The number of hydrogen-bond acceptors (Lipinski definition) is 7. The SMILES string of the molecule is COC(=O)C1(C(=O)OC)O[C@H](c2ccc(OC)cc2)O[C@@H]1c1ccc(C)cc1. The number of ether oxygens (including phenoxy) is 5. The highest BCUT2D eigenvalue weighted by molar-refractivity contribution is 6.05. The van der Waals surface area contributed by atoms with Gasteiger partial charge in [0.25, 0.3) is 5.60 Å². The Hall–Kier alpha value is -2.90. The molecule has 0 amide bonds. The molecule has 1 aliphatic rings. The topological polar surface area (TPSA) is 80.3 Å². The second-order valence-corrected chi connectivity index (χ2v) is 6.37. The summed E-state index contributed by atoms with van der Waals surface area (Å²) in [4.78, 5) is 25.4. The van der Waals surface area contributed by atoms with Crippen molar-refractivity contribution in [1.82, 2.24) is 0 Å². The van der Waals surface area contributed by atoms with Gasteiger partial charge in [-0.05, 0) is 24.6 Å². The lowest BCUT2D eigenvalue weighted by Crippen LogP contribution is -2.52. The summed E-state index contributed by atoms with van der Waals surface area (Å²) in [6.07, 6.45) is -2.02. The second-order valence-electron chi connectivity index (χ2n) is 6.37. The largest absolute Gasteiger partial charge is 0.497 e. The third-order valence-electron chi connectivity index (χ3n) is 4.67. The molecule has 2 aromatic carbocycles. The van der Waals surface area contributed by atoms with Crippen LogP contribution in [0.1, 0.15) is 29.1 Å². The van der Waals surface area contributed by atoms with Gasteiger partial charge in [0, 0.05) is 5.56 Å². The van der Waals surface area contributed by atoms with Crippen molar-refractivity contribution in [2.24, 2.45) is 0 Å². The molecule has 1 heterocycles. The number of hydrogen-bond donors (Lipinski definition) is 0. The predicted molar refractivity (Wildman–Crippen MR) is 98.6 cm³/mol. The van der Waals surface area contributed by atoms with Crippen LogP contribution in [0.3, 0.4) is 0 Å². The molecule has 1 saturated heterocycles. The van der Waals surface area contributed by atoms with Crippen LogP contribution < -0.4 is 4.74 Å². The molecule has 0 aliphatic carbocycles. The Morgan fingerprint density at radius 2 is 1.39 bits per heavy atom. The van der Waals surface area contributed by atoms with E-state index in [4.69, 9.17) is 23.7 Å². The molecule has 3 rings (SSSR count). The molecule has 2 atom stereocenters. The lowest BCUT2D eigenvalue weighted by molar-refractivity contribution is -0.188. The summed E-state index contributed by atoms with van der Waals surface area (Å²) in [6, 6.07) is 14.2. The van der Waals surface area contributed by atoms with Crippen LogP contribution in [0.5, 0.6) is 5.75 Å². The van der Waals surface area contributed by atoms with Crippen LogP contribution >= 0.6 is 0 Å². The van der Waals surface area contributed by atoms with Gasteiger partial charge in [0.2, 0.25) is 0 Å². The van der Waals surface area contributed by atoms with Gasteiger partial charge in [-0.25, -0.2) is 9.59 Å². The van der Waals surface area contributed by atoms with Gasteiger partial charge in [-0.1, -0.05) is 42.0 Å². The third-order valence-corrected chi connectivity index (χ3v) is 4.67. The number of benzene rings is 2. The van der Waals surface area contributed by atoms with Gasteiger partial charge in [0.15, 0.2) is 6.29 Å². The van der Waals surface area contributed by atoms with E-state index in [1.54, 1.807) is 43.5 Å². The van der Waals surface area contributed by atoms with E-state index in [1.807, 2.05) is 19.1 Å². The third kappa shape index (κ3) is 3.34. The summed E-state index contributed by atoms with van der Waals surface area (Å²) < 4.78 is 26.9. The first-order valence-corrected chi connectivity index (χ1v) is 8.67. The Bertz CT molecular complexity index is 826. The Labute approximate surface area is 163 Å². The number of rotatable bonds is 5. The molecular formula is C21H22O7. The van der Waals surface area contributed by atoms with Crippen molar-refractivity contribution in [2.45, 2.75) is 24.9 Å². The van der Waals surface area contributed by atoms with Gasteiger partial charge >= 0.3 is 11.9 Å². The highest BCUT2D eigenvalue weighted by Gasteiger charge is 2.64. The summed E-state index contributed by atoms with van der Waals surface area (Å²) in [6.45, 7) is 1.93. The van der Waals surface area contributed by atoms with E-state index in [2.05, 4.69) is 0 Å². The van der Waals surface area contributed by atoms with Crippen molar-refractivity contribution in [3.05, 3.63) is 65.2 Å². The lowest BCUT2D eigenvalue weighted by Gasteiger charge is -2.27. The van der Waals surface area contributed by atoms with Crippen LogP contribution in [-0.4, -0.2) is 38.9 Å². The van der Waals surface area contributed by atoms with Crippen molar-refractivity contribution < 1.29 is 33.3 Å². The predicted octanol–water partition coefficient (Wildman–Crippen LogP) is 2.88. The summed E-state index contributed by atoms with van der Waals surface area (Å²) in [5.41, 5.74) is 0.157.